The van der Waals surface area contributed by atoms with Gasteiger partial charge in [-0.05, 0) is 25.0 Å². The Labute approximate surface area is 95.7 Å². The third-order valence-corrected chi connectivity index (χ3v) is 3.66. The number of hydrogen-bond acceptors (Lipinski definition) is 3. The zero-order valence-electron chi connectivity index (χ0n) is 9.36. The minimum absolute atomic E-state index is 0.0548. The van der Waals surface area contributed by atoms with Gasteiger partial charge in [0.1, 0.15) is 0 Å². The predicted molar refractivity (Wildman–Crippen MR) is 64.3 cm³/mol. The molecule has 88 valence electrons. The van der Waals surface area contributed by atoms with Crippen LogP contribution < -0.4 is 4.72 Å². The van der Waals surface area contributed by atoms with E-state index in [9.17, 15) is 13.2 Å². The highest BCUT2D eigenvalue weighted by Crippen LogP contribution is 2.18. The lowest BCUT2D eigenvalue weighted by Crippen LogP contribution is -2.17. The first-order valence-corrected chi connectivity index (χ1v) is 6.70. The van der Waals surface area contributed by atoms with Gasteiger partial charge in [-0.1, -0.05) is 19.1 Å². The summed E-state index contributed by atoms with van der Waals surface area (Å²) in [4.78, 5) is 10.9. The summed E-state index contributed by atoms with van der Waals surface area (Å²) >= 11 is 0. The number of aryl methyl sites for hydroxylation is 1. The van der Waals surface area contributed by atoms with Crippen LogP contribution in [-0.4, -0.2) is 20.5 Å². The molecular formula is C11H15NO3S. The highest BCUT2D eigenvalue weighted by Gasteiger charge is 2.12. The van der Waals surface area contributed by atoms with E-state index in [-0.39, 0.29) is 5.75 Å². The van der Waals surface area contributed by atoms with E-state index < -0.39 is 10.0 Å². The van der Waals surface area contributed by atoms with E-state index in [4.69, 9.17) is 0 Å². The zero-order chi connectivity index (χ0) is 12.2. The molecule has 0 fully saturated rings. The third kappa shape index (κ3) is 3.06. The van der Waals surface area contributed by atoms with Crippen molar-refractivity contribution in [3.05, 3.63) is 29.3 Å². The second-order valence-corrected chi connectivity index (χ2v) is 5.42. The van der Waals surface area contributed by atoms with Crippen LogP contribution in [0.4, 0.5) is 5.69 Å². The summed E-state index contributed by atoms with van der Waals surface area (Å²) < 4.78 is 25.5. The topological polar surface area (TPSA) is 63.2 Å². The molecule has 0 aliphatic carbocycles. The van der Waals surface area contributed by atoms with Crippen molar-refractivity contribution in [2.75, 3.05) is 10.5 Å². The Morgan fingerprint density at radius 2 is 2.06 bits per heavy atom. The van der Waals surface area contributed by atoms with Crippen molar-refractivity contribution < 1.29 is 13.2 Å². The molecule has 0 atom stereocenters. The molecule has 0 unspecified atom stereocenters. The predicted octanol–water partition coefficient (Wildman–Crippen LogP) is 1.96. The molecule has 0 aliphatic rings. The van der Waals surface area contributed by atoms with Gasteiger partial charge in [0.2, 0.25) is 10.0 Å². The fraction of sp³-hybridized carbons (Fsp3) is 0.364. The van der Waals surface area contributed by atoms with E-state index in [2.05, 4.69) is 4.72 Å². The lowest BCUT2D eigenvalue weighted by molar-refractivity contribution is 0.112. The molecule has 5 heteroatoms. The van der Waals surface area contributed by atoms with Gasteiger partial charge >= 0.3 is 0 Å². The van der Waals surface area contributed by atoms with Gasteiger partial charge in [0, 0.05) is 5.56 Å². The minimum Gasteiger partial charge on any atom is -0.298 e. The normalized spacial score (nSPS) is 11.1. The standard InChI is InChI=1S/C11H15NO3S/c1-3-7-16(14,15)12-11-6-4-5-9(2)10(11)8-13/h4-6,8,12H,3,7H2,1-2H3. The summed E-state index contributed by atoms with van der Waals surface area (Å²) in [6.07, 6.45) is 1.21. The second-order valence-electron chi connectivity index (χ2n) is 3.57. The Hall–Kier alpha value is -1.36. The molecule has 1 aromatic carbocycles. The number of anilines is 1. The van der Waals surface area contributed by atoms with Gasteiger partial charge in [-0.25, -0.2) is 8.42 Å². The third-order valence-electron chi connectivity index (χ3n) is 2.18. The summed E-state index contributed by atoms with van der Waals surface area (Å²) in [7, 11) is -3.34. The van der Waals surface area contributed by atoms with Crippen LogP contribution in [0.15, 0.2) is 18.2 Å². The Morgan fingerprint density at radius 1 is 1.38 bits per heavy atom. The maximum atomic E-state index is 11.6. The smallest absolute Gasteiger partial charge is 0.232 e. The fourth-order valence-electron chi connectivity index (χ4n) is 1.41. The fourth-order valence-corrected chi connectivity index (χ4v) is 2.57. The SMILES string of the molecule is CCCS(=O)(=O)Nc1cccc(C)c1C=O. The van der Waals surface area contributed by atoms with Crippen molar-refractivity contribution in [1.29, 1.82) is 0 Å². The molecule has 0 spiro atoms. The molecule has 0 amide bonds. The number of hydrogen-bond donors (Lipinski definition) is 1. The molecule has 16 heavy (non-hydrogen) atoms. The number of rotatable bonds is 5. The maximum absolute atomic E-state index is 11.6. The van der Waals surface area contributed by atoms with Crippen LogP contribution in [-0.2, 0) is 10.0 Å². The molecule has 0 radical (unpaired) electrons. The molecule has 1 N–H and O–H groups in total. The molecule has 0 aromatic heterocycles. The minimum atomic E-state index is -3.34. The van der Waals surface area contributed by atoms with Gasteiger partial charge in [0.05, 0.1) is 11.4 Å². The largest absolute Gasteiger partial charge is 0.298 e. The van der Waals surface area contributed by atoms with Crippen LogP contribution in [0.1, 0.15) is 29.3 Å². The highest BCUT2D eigenvalue weighted by atomic mass is 32.2. The van der Waals surface area contributed by atoms with E-state index in [1.54, 1.807) is 32.0 Å². The molecule has 1 rings (SSSR count). The molecular weight excluding hydrogens is 226 g/mol. The Bertz CT molecular complexity index is 480. The van der Waals surface area contributed by atoms with Crippen molar-refractivity contribution in [2.45, 2.75) is 20.3 Å². The van der Waals surface area contributed by atoms with Gasteiger partial charge in [-0.3, -0.25) is 9.52 Å². The summed E-state index contributed by atoms with van der Waals surface area (Å²) in [5.74, 6) is 0.0548. The zero-order valence-corrected chi connectivity index (χ0v) is 10.2. The second kappa shape index (κ2) is 5.12. The first-order chi connectivity index (χ1) is 7.50. The summed E-state index contributed by atoms with van der Waals surface area (Å²) in [5.41, 5.74) is 1.50. The number of carbonyl (C=O) groups excluding carboxylic acids is 1. The summed E-state index contributed by atoms with van der Waals surface area (Å²) in [6.45, 7) is 3.55. The Balaban J connectivity index is 3.06. The Kier molecular flexibility index (Phi) is 4.06. The molecule has 4 nitrogen and oxygen atoms in total. The van der Waals surface area contributed by atoms with Crippen molar-refractivity contribution in [2.24, 2.45) is 0 Å². The van der Waals surface area contributed by atoms with E-state index >= 15 is 0 Å². The monoisotopic (exact) mass is 241 g/mol. The van der Waals surface area contributed by atoms with Crippen molar-refractivity contribution >= 4 is 22.0 Å². The van der Waals surface area contributed by atoms with Crippen LogP contribution in [0.25, 0.3) is 0 Å². The molecule has 0 saturated carbocycles. The quantitative estimate of drug-likeness (QED) is 0.801. The molecule has 0 bridgehead atoms. The molecule has 1 aromatic rings. The molecule has 0 heterocycles. The number of nitrogens with one attached hydrogen (secondary N) is 1. The van der Waals surface area contributed by atoms with Crippen molar-refractivity contribution in [1.82, 2.24) is 0 Å². The lowest BCUT2D eigenvalue weighted by Gasteiger charge is -2.10. The molecule has 0 aliphatic heterocycles. The van der Waals surface area contributed by atoms with Gasteiger partial charge in [0.15, 0.2) is 6.29 Å². The number of aldehydes is 1. The van der Waals surface area contributed by atoms with Gasteiger partial charge < -0.3 is 0 Å². The number of benzene rings is 1. The average Bonchev–Trinajstić information content (AvgIpc) is 2.17. The summed E-state index contributed by atoms with van der Waals surface area (Å²) in [5, 5.41) is 0. The van der Waals surface area contributed by atoms with Crippen LogP contribution in [0.2, 0.25) is 0 Å². The average molecular weight is 241 g/mol. The Morgan fingerprint density at radius 3 is 2.62 bits per heavy atom. The first-order valence-electron chi connectivity index (χ1n) is 5.05. The summed E-state index contributed by atoms with van der Waals surface area (Å²) in [6, 6.07) is 5.07. The van der Waals surface area contributed by atoms with E-state index in [1.165, 1.54) is 0 Å². The van der Waals surface area contributed by atoms with Crippen LogP contribution in [0.5, 0.6) is 0 Å². The van der Waals surface area contributed by atoms with E-state index in [0.717, 1.165) is 5.56 Å². The molecule has 0 saturated heterocycles. The van der Waals surface area contributed by atoms with E-state index in [0.29, 0.717) is 24.0 Å². The van der Waals surface area contributed by atoms with Gasteiger partial charge in [-0.15, -0.1) is 0 Å². The van der Waals surface area contributed by atoms with Crippen LogP contribution >= 0.6 is 0 Å². The van der Waals surface area contributed by atoms with Crippen molar-refractivity contribution in [3.8, 4) is 0 Å². The maximum Gasteiger partial charge on any atom is 0.232 e. The van der Waals surface area contributed by atoms with Gasteiger partial charge in [0.25, 0.3) is 0 Å². The number of carbonyl (C=O) groups is 1. The van der Waals surface area contributed by atoms with E-state index in [1.807, 2.05) is 0 Å². The van der Waals surface area contributed by atoms with Crippen LogP contribution in [0, 0.1) is 6.92 Å². The lowest BCUT2D eigenvalue weighted by atomic mass is 10.1. The number of sulfonamides is 1. The van der Waals surface area contributed by atoms with Gasteiger partial charge in [-0.2, -0.15) is 0 Å². The van der Waals surface area contributed by atoms with Crippen molar-refractivity contribution in [3.63, 3.8) is 0 Å². The first kappa shape index (κ1) is 12.7. The van der Waals surface area contributed by atoms with Crippen LogP contribution in [0.3, 0.4) is 0 Å². The highest BCUT2D eigenvalue weighted by molar-refractivity contribution is 7.92.